The molecule has 24 heavy (non-hydrogen) atoms. The smallest absolute Gasteiger partial charge is 0.258 e. The summed E-state index contributed by atoms with van der Waals surface area (Å²) in [5.74, 6) is 0.442. The summed E-state index contributed by atoms with van der Waals surface area (Å²) in [7, 11) is 0. The third-order valence-corrected chi connectivity index (χ3v) is 4.65. The number of ether oxygens (including phenoxy) is 1. The van der Waals surface area contributed by atoms with Crippen LogP contribution in [0.15, 0.2) is 40.9 Å². The van der Waals surface area contributed by atoms with Crippen molar-refractivity contribution >= 4 is 33.4 Å². The van der Waals surface area contributed by atoms with Crippen molar-refractivity contribution in [2.45, 2.75) is 33.2 Å². The number of benzene rings is 2. The fourth-order valence-electron chi connectivity index (χ4n) is 2.59. The first-order valence-electron chi connectivity index (χ1n) is 7.85. The number of hydrogen-bond acceptors (Lipinski definition) is 2. The zero-order chi connectivity index (χ0) is 17.7. The molecule has 3 nitrogen and oxygen atoms in total. The SMILES string of the molecule is CCC(NC(=O)COc1ccc(Cl)cc1Br)c1ccc(C)cc1C. The van der Waals surface area contributed by atoms with E-state index in [2.05, 4.69) is 60.2 Å². The summed E-state index contributed by atoms with van der Waals surface area (Å²) >= 11 is 9.27. The maximum absolute atomic E-state index is 12.2. The topological polar surface area (TPSA) is 38.3 Å². The van der Waals surface area contributed by atoms with Crippen LogP contribution in [0.2, 0.25) is 5.02 Å². The molecule has 0 saturated carbocycles. The zero-order valence-electron chi connectivity index (χ0n) is 14.0. The van der Waals surface area contributed by atoms with Crippen molar-refractivity contribution in [3.05, 3.63) is 62.6 Å². The molecule has 2 rings (SSSR count). The summed E-state index contributed by atoms with van der Waals surface area (Å²) < 4.78 is 6.29. The van der Waals surface area contributed by atoms with E-state index < -0.39 is 0 Å². The van der Waals surface area contributed by atoms with Crippen molar-refractivity contribution in [2.24, 2.45) is 0 Å². The van der Waals surface area contributed by atoms with Gasteiger partial charge in [-0.15, -0.1) is 0 Å². The number of rotatable bonds is 6. The van der Waals surface area contributed by atoms with E-state index in [1.807, 2.05) is 0 Å². The zero-order valence-corrected chi connectivity index (χ0v) is 16.4. The quantitative estimate of drug-likeness (QED) is 0.695. The van der Waals surface area contributed by atoms with Gasteiger partial charge in [0.25, 0.3) is 5.91 Å². The van der Waals surface area contributed by atoms with Crippen molar-refractivity contribution in [1.82, 2.24) is 5.32 Å². The number of carbonyl (C=O) groups excluding carboxylic acids is 1. The first kappa shape index (κ1) is 18.8. The van der Waals surface area contributed by atoms with Crippen molar-refractivity contribution in [2.75, 3.05) is 6.61 Å². The van der Waals surface area contributed by atoms with Crippen LogP contribution >= 0.6 is 27.5 Å². The van der Waals surface area contributed by atoms with Gasteiger partial charge in [0.2, 0.25) is 0 Å². The van der Waals surface area contributed by atoms with Crippen molar-refractivity contribution in [3.63, 3.8) is 0 Å². The third kappa shape index (κ3) is 4.99. The summed E-state index contributed by atoms with van der Waals surface area (Å²) in [6, 6.07) is 11.5. The number of amides is 1. The van der Waals surface area contributed by atoms with Crippen molar-refractivity contribution < 1.29 is 9.53 Å². The average molecular weight is 411 g/mol. The van der Waals surface area contributed by atoms with Crippen LogP contribution in [-0.2, 0) is 4.79 Å². The second-order valence-electron chi connectivity index (χ2n) is 5.75. The number of carbonyl (C=O) groups is 1. The van der Waals surface area contributed by atoms with Gasteiger partial charge in [0.15, 0.2) is 6.61 Å². The molecule has 128 valence electrons. The van der Waals surface area contributed by atoms with Crippen LogP contribution in [0.3, 0.4) is 0 Å². The van der Waals surface area contributed by atoms with Crippen molar-refractivity contribution in [1.29, 1.82) is 0 Å². The molecule has 1 atom stereocenters. The van der Waals surface area contributed by atoms with Gasteiger partial charge in [-0.3, -0.25) is 4.79 Å². The third-order valence-electron chi connectivity index (χ3n) is 3.80. The van der Waals surface area contributed by atoms with Crippen LogP contribution in [-0.4, -0.2) is 12.5 Å². The molecule has 2 aromatic carbocycles. The maximum Gasteiger partial charge on any atom is 0.258 e. The lowest BCUT2D eigenvalue weighted by atomic mass is 9.97. The van der Waals surface area contributed by atoms with Gasteiger partial charge >= 0.3 is 0 Å². The second kappa shape index (κ2) is 8.54. The molecule has 1 N–H and O–H groups in total. The summed E-state index contributed by atoms with van der Waals surface area (Å²) in [5.41, 5.74) is 3.54. The van der Waals surface area contributed by atoms with Crippen LogP contribution in [0, 0.1) is 13.8 Å². The molecule has 0 aliphatic rings. The molecule has 0 spiro atoms. The Bertz CT molecular complexity index is 733. The first-order valence-corrected chi connectivity index (χ1v) is 9.02. The Labute approximate surface area is 156 Å². The minimum Gasteiger partial charge on any atom is -0.483 e. The van der Waals surface area contributed by atoms with E-state index in [1.54, 1.807) is 18.2 Å². The van der Waals surface area contributed by atoms with Crippen LogP contribution in [0.4, 0.5) is 0 Å². The van der Waals surface area contributed by atoms with Gasteiger partial charge in [-0.25, -0.2) is 0 Å². The minimum absolute atomic E-state index is 0.0182. The van der Waals surface area contributed by atoms with Crippen LogP contribution in [0.1, 0.15) is 36.1 Å². The molecule has 0 aromatic heterocycles. The van der Waals surface area contributed by atoms with Gasteiger partial charge in [0.05, 0.1) is 10.5 Å². The van der Waals surface area contributed by atoms with Crippen molar-refractivity contribution in [3.8, 4) is 5.75 Å². The standard InChI is InChI=1S/C19H21BrClNO2/c1-4-17(15-7-5-12(2)9-13(15)3)22-19(23)11-24-18-8-6-14(21)10-16(18)20/h5-10,17H,4,11H2,1-3H3,(H,22,23). The maximum atomic E-state index is 12.2. The monoisotopic (exact) mass is 409 g/mol. The van der Waals surface area contributed by atoms with E-state index in [1.165, 1.54) is 11.1 Å². The van der Waals surface area contributed by atoms with Crippen LogP contribution in [0.25, 0.3) is 0 Å². The molecule has 0 fully saturated rings. The van der Waals surface area contributed by atoms with Gasteiger partial charge in [-0.1, -0.05) is 42.3 Å². The van der Waals surface area contributed by atoms with Gasteiger partial charge in [0.1, 0.15) is 5.75 Å². The fraction of sp³-hybridized carbons (Fsp3) is 0.316. The van der Waals surface area contributed by atoms with Gasteiger partial charge in [0, 0.05) is 5.02 Å². The molecule has 1 amide bonds. The summed E-state index contributed by atoms with van der Waals surface area (Å²) in [6.07, 6.45) is 0.820. The van der Waals surface area contributed by atoms with E-state index in [0.29, 0.717) is 10.8 Å². The predicted octanol–water partition coefficient (Wildman–Crippen LogP) is 5.37. The van der Waals surface area contributed by atoms with Gasteiger partial charge in [-0.2, -0.15) is 0 Å². The predicted molar refractivity (Wildman–Crippen MR) is 102 cm³/mol. The van der Waals surface area contributed by atoms with Crippen LogP contribution in [0.5, 0.6) is 5.75 Å². The average Bonchev–Trinajstić information content (AvgIpc) is 2.52. The Kier molecular flexibility index (Phi) is 6.69. The normalized spacial score (nSPS) is 11.9. The Hall–Kier alpha value is -1.52. The summed E-state index contributed by atoms with van der Waals surface area (Å²) in [4.78, 5) is 12.2. The number of aryl methyl sites for hydroxylation is 2. The molecule has 0 radical (unpaired) electrons. The Morgan fingerprint density at radius 1 is 1.25 bits per heavy atom. The molecule has 0 aliphatic heterocycles. The van der Waals surface area contributed by atoms with E-state index in [0.717, 1.165) is 16.5 Å². The Morgan fingerprint density at radius 3 is 2.62 bits per heavy atom. The highest BCUT2D eigenvalue weighted by molar-refractivity contribution is 9.10. The first-order chi connectivity index (χ1) is 11.4. The van der Waals surface area contributed by atoms with E-state index in [-0.39, 0.29) is 18.6 Å². The molecule has 0 bridgehead atoms. The highest BCUT2D eigenvalue weighted by Gasteiger charge is 2.15. The van der Waals surface area contributed by atoms with Gasteiger partial charge < -0.3 is 10.1 Å². The van der Waals surface area contributed by atoms with Crippen LogP contribution < -0.4 is 10.1 Å². The second-order valence-corrected chi connectivity index (χ2v) is 7.04. The van der Waals surface area contributed by atoms with E-state index in [9.17, 15) is 4.79 Å². The number of nitrogens with one attached hydrogen (secondary N) is 1. The minimum atomic E-state index is -0.149. The largest absolute Gasteiger partial charge is 0.483 e. The van der Waals surface area contributed by atoms with Gasteiger partial charge in [-0.05, 0) is 65.5 Å². The lowest BCUT2D eigenvalue weighted by molar-refractivity contribution is -0.123. The lowest BCUT2D eigenvalue weighted by Gasteiger charge is -2.20. The molecular formula is C19H21BrClNO2. The Balaban J connectivity index is 1.99. The highest BCUT2D eigenvalue weighted by atomic mass is 79.9. The molecule has 0 heterocycles. The molecule has 1 unspecified atom stereocenters. The molecular weight excluding hydrogens is 390 g/mol. The lowest BCUT2D eigenvalue weighted by Crippen LogP contribution is -2.32. The highest BCUT2D eigenvalue weighted by Crippen LogP contribution is 2.28. The molecule has 0 aliphatic carbocycles. The molecule has 0 saturated heterocycles. The molecule has 2 aromatic rings. The molecule has 5 heteroatoms. The number of halogens is 2. The van der Waals surface area contributed by atoms with E-state index in [4.69, 9.17) is 16.3 Å². The fourth-order valence-corrected chi connectivity index (χ4v) is 3.39. The summed E-state index contributed by atoms with van der Waals surface area (Å²) in [6.45, 7) is 6.15. The Morgan fingerprint density at radius 2 is 2.00 bits per heavy atom. The summed E-state index contributed by atoms with van der Waals surface area (Å²) in [5, 5.41) is 3.65. The van der Waals surface area contributed by atoms with E-state index >= 15 is 0 Å². The number of hydrogen-bond donors (Lipinski definition) is 1.